The highest BCUT2D eigenvalue weighted by Crippen LogP contribution is 2.27. The highest BCUT2D eigenvalue weighted by atomic mass is 35.5. The summed E-state index contributed by atoms with van der Waals surface area (Å²) in [6, 6.07) is 2.92. The third-order valence-corrected chi connectivity index (χ3v) is 5.68. The number of nitrogen functional groups attached to an aromatic ring is 1. The smallest absolute Gasteiger partial charge is 0.242 e. The molecule has 0 radical (unpaired) electrons. The average molecular weight is 332 g/mol. The Hall–Kier alpha value is -1.15. The molecule has 20 heavy (non-hydrogen) atoms. The van der Waals surface area contributed by atoms with Crippen LogP contribution in [0.1, 0.15) is 16.1 Å². The van der Waals surface area contributed by atoms with Crippen molar-refractivity contribution in [3.8, 4) is 0 Å². The van der Waals surface area contributed by atoms with Gasteiger partial charge in [-0.2, -0.15) is 0 Å². The molecule has 0 atom stereocenters. The number of aromatic nitrogens is 1. The Bertz CT molecular complexity index is 741. The maximum Gasteiger partial charge on any atom is 0.242 e. The largest absolute Gasteiger partial charge is 0.398 e. The minimum Gasteiger partial charge on any atom is -0.398 e. The summed E-state index contributed by atoms with van der Waals surface area (Å²) in [5, 5.41) is 0.158. The van der Waals surface area contributed by atoms with Crippen LogP contribution in [0.5, 0.6) is 0 Å². The Morgan fingerprint density at radius 3 is 2.70 bits per heavy atom. The standard InChI is InChI=1S/C12H14ClN3O2S2/c1-7-3-9(13)12(4-10(7)14)20(17,18)16-5-11-8(2)15-6-19-11/h3-4,6,16H,5,14H2,1-2H3. The van der Waals surface area contributed by atoms with Crippen LogP contribution in [0.25, 0.3) is 0 Å². The number of nitrogens with two attached hydrogens (primary N) is 1. The Labute approximate surface area is 126 Å². The summed E-state index contributed by atoms with van der Waals surface area (Å²) in [7, 11) is -3.71. The number of benzene rings is 1. The summed E-state index contributed by atoms with van der Waals surface area (Å²) >= 11 is 7.39. The van der Waals surface area contributed by atoms with E-state index in [0.717, 1.165) is 16.1 Å². The van der Waals surface area contributed by atoms with Crippen molar-refractivity contribution in [2.24, 2.45) is 0 Å². The maximum atomic E-state index is 12.3. The minimum atomic E-state index is -3.71. The zero-order valence-electron chi connectivity index (χ0n) is 11.0. The monoisotopic (exact) mass is 331 g/mol. The van der Waals surface area contributed by atoms with E-state index < -0.39 is 10.0 Å². The normalized spacial score (nSPS) is 11.8. The SMILES string of the molecule is Cc1cc(Cl)c(S(=O)(=O)NCc2scnc2C)cc1N. The summed E-state index contributed by atoms with van der Waals surface area (Å²) in [5.74, 6) is 0. The van der Waals surface area contributed by atoms with E-state index in [2.05, 4.69) is 9.71 Å². The quantitative estimate of drug-likeness (QED) is 0.843. The van der Waals surface area contributed by atoms with Crippen LogP contribution >= 0.6 is 22.9 Å². The van der Waals surface area contributed by atoms with Gasteiger partial charge in [0.05, 0.1) is 16.2 Å². The maximum absolute atomic E-state index is 12.3. The van der Waals surface area contributed by atoms with Crippen LogP contribution in [0.3, 0.4) is 0 Å². The van der Waals surface area contributed by atoms with Crippen LogP contribution in [-0.2, 0) is 16.6 Å². The molecule has 1 aromatic heterocycles. The number of nitrogens with one attached hydrogen (secondary N) is 1. The lowest BCUT2D eigenvalue weighted by atomic mass is 10.2. The third kappa shape index (κ3) is 3.12. The van der Waals surface area contributed by atoms with Crippen molar-refractivity contribution >= 4 is 38.6 Å². The van der Waals surface area contributed by atoms with Crippen LogP contribution < -0.4 is 10.5 Å². The zero-order chi connectivity index (χ0) is 14.9. The first-order chi connectivity index (χ1) is 9.31. The van der Waals surface area contributed by atoms with Gasteiger partial charge in [-0.05, 0) is 31.5 Å². The molecule has 0 fully saturated rings. The number of halogens is 1. The Balaban J connectivity index is 2.27. The van der Waals surface area contributed by atoms with Gasteiger partial charge in [-0.25, -0.2) is 18.1 Å². The average Bonchev–Trinajstić information content (AvgIpc) is 2.77. The van der Waals surface area contributed by atoms with Crippen molar-refractivity contribution in [2.75, 3.05) is 5.73 Å². The first-order valence-corrected chi connectivity index (χ1v) is 8.49. The predicted molar refractivity (Wildman–Crippen MR) is 81.5 cm³/mol. The van der Waals surface area contributed by atoms with Crippen molar-refractivity contribution in [2.45, 2.75) is 25.3 Å². The zero-order valence-corrected chi connectivity index (χ0v) is 13.4. The van der Waals surface area contributed by atoms with E-state index in [-0.39, 0.29) is 16.5 Å². The molecule has 2 rings (SSSR count). The fourth-order valence-electron chi connectivity index (χ4n) is 1.61. The molecule has 0 aliphatic rings. The molecule has 0 amide bonds. The van der Waals surface area contributed by atoms with Gasteiger partial charge in [0.1, 0.15) is 4.90 Å². The molecule has 8 heteroatoms. The van der Waals surface area contributed by atoms with E-state index in [0.29, 0.717) is 5.69 Å². The van der Waals surface area contributed by atoms with Crippen LogP contribution in [0.2, 0.25) is 5.02 Å². The van der Waals surface area contributed by atoms with Crippen molar-refractivity contribution < 1.29 is 8.42 Å². The van der Waals surface area contributed by atoms with Gasteiger partial charge >= 0.3 is 0 Å². The molecule has 1 aromatic carbocycles. The molecule has 0 spiro atoms. The van der Waals surface area contributed by atoms with E-state index in [1.807, 2.05) is 6.92 Å². The van der Waals surface area contributed by atoms with Gasteiger partial charge in [-0.3, -0.25) is 0 Å². The van der Waals surface area contributed by atoms with Crippen molar-refractivity contribution in [1.29, 1.82) is 0 Å². The Morgan fingerprint density at radius 1 is 1.40 bits per heavy atom. The fraction of sp³-hybridized carbons (Fsp3) is 0.250. The van der Waals surface area contributed by atoms with Gasteiger partial charge in [0, 0.05) is 17.1 Å². The topological polar surface area (TPSA) is 85.1 Å². The summed E-state index contributed by atoms with van der Waals surface area (Å²) < 4.78 is 27.0. The van der Waals surface area contributed by atoms with Crippen LogP contribution in [-0.4, -0.2) is 13.4 Å². The van der Waals surface area contributed by atoms with Crippen LogP contribution in [0, 0.1) is 13.8 Å². The molecule has 5 nitrogen and oxygen atoms in total. The molecule has 0 bridgehead atoms. The van der Waals surface area contributed by atoms with E-state index in [9.17, 15) is 8.42 Å². The van der Waals surface area contributed by atoms with E-state index in [1.165, 1.54) is 17.4 Å². The lowest BCUT2D eigenvalue weighted by Gasteiger charge is -2.10. The first kappa shape index (κ1) is 15.2. The summed E-state index contributed by atoms with van der Waals surface area (Å²) in [4.78, 5) is 4.93. The van der Waals surface area contributed by atoms with Gasteiger partial charge in [-0.1, -0.05) is 11.6 Å². The lowest BCUT2D eigenvalue weighted by molar-refractivity contribution is 0.581. The molecule has 0 saturated heterocycles. The predicted octanol–water partition coefficient (Wildman–Crippen LogP) is 2.47. The summed E-state index contributed by atoms with van der Waals surface area (Å²) in [5.41, 5.74) is 9.37. The molecular formula is C12H14ClN3O2S2. The number of sulfonamides is 1. The number of aryl methyl sites for hydroxylation is 2. The van der Waals surface area contributed by atoms with Gasteiger partial charge in [0.25, 0.3) is 0 Å². The lowest BCUT2D eigenvalue weighted by Crippen LogP contribution is -2.23. The van der Waals surface area contributed by atoms with Gasteiger partial charge in [0.15, 0.2) is 0 Å². The fourth-order valence-corrected chi connectivity index (χ4v) is 4.03. The highest BCUT2D eigenvalue weighted by molar-refractivity contribution is 7.89. The van der Waals surface area contributed by atoms with E-state index in [4.69, 9.17) is 17.3 Å². The Morgan fingerprint density at radius 2 is 2.10 bits per heavy atom. The number of nitrogens with zero attached hydrogens (tertiary/aromatic N) is 1. The van der Waals surface area contributed by atoms with Crippen LogP contribution in [0.15, 0.2) is 22.5 Å². The van der Waals surface area contributed by atoms with Gasteiger partial charge in [0.2, 0.25) is 10.0 Å². The highest BCUT2D eigenvalue weighted by Gasteiger charge is 2.19. The molecule has 0 aliphatic carbocycles. The summed E-state index contributed by atoms with van der Waals surface area (Å²) in [6.45, 7) is 3.78. The minimum absolute atomic E-state index is 0.00978. The first-order valence-electron chi connectivity index (χ1n) is 5.75. The number of anilines is 1. The second-order valence-corrected chi connectivity index (χ2v) is 7.41. The molecule has 0 unspecified atom stereocenters. The van der Waals surface area contributed by atoms with Crippen molar-refractivity contribution in [1.82, 2.24) is 9.71 Å². The number of thiazole rings is 1. The molecule has 108 valence electrons. The second kappa shape index (κ2) is 5.69. The number of rotatable bonds is 4. The molecule has 2 aromatic rings. The van der Waals surface area contributed by atoms with Gasteiger partial charge < -0.3 is 5.73 Å². The second-order valence-electron chi connectivity index (χ2n) is 4.32. The van der Waals surface area contributed by atoms with Crippen molar-refractivity contribution in [3.05, 3.63) is 38.8 Å². The molecule has 0 saturated carbocycles. The van der Waals surface area contributed by atoms with E-state index in [1.54, 1.807) is 18.5 Å². The third-order valence-electron chi connectivity index (χ3n) is 2.88. The molecule has 3 N–H and O–H groups in total. The Kier molecular flexibility index (Phi) is 4.33. The molecule has 1 heterocycles. The van der Waals surface area contributed by atoms with Crippen molar-refractivity contribution in [3.63, 3.8) is 0 Å². The number of hydrogen-bond acceptors (Lipinski definition) is 5. The van der Waals surface area contributed by atoms with E-state index >= 15 is 0 Å². The molecular weight excluding hydrogens is 318 g/mol. The summed E-state index contributed by atoms with van der Waals surface area (Å²) in [6.07, 6.45) is 0. The number of hydrogen-bond donors (Lipinski definition) is 2. The molecule has 0 aliphatic heterocycles. The van der Waals surface area contributed by atoms with Crippen LogP contribution in [0.4, 0.5) is 5.69 Å². The van der Waals surface area contributed by atoms with Gasteiger partial charge in [-0.15, -0.1) is 11.3 Å².